The highest BCUT2D eigenvalue weighted by Crippen LogP contribution is 2.32. The molecule has 1 heterocycles. The van der Waals surface area contributed by atoms with Gasteiger partial charge >= 0.3 is 0 Å². The number of nitrogens with two attached hydrogens (primary N) is 1. The van der Waals surface area contributed by atoms with Crippen LogP contribution in [0.5, 0.6) is 0 Å². The number of nitrogens with zero attached hydrogens (tertiary/aromatic N) is 2. The van der Waals surface area contributed by atoms with Gasteiger partial charge in [0, 0.05) is 13.6 Å². The fourth-order valence-corrected chi connectivity index (χ4v) is 1.66. The van der Waals surface area contributed by atoms with Crippen LogP contribution >= 0.6 is 0 Å². The average Bonchev–Trinajstić information content (AvgIpc) is 3.02. The molecular formula is C10H16N4O2. The zero-order chi connectivity index (χ0) is 11.7. The number of anilines is 1. The number of nitrogens with one attached hydrogen (secondary N) is 1. The van der Waals surface area contributed by atoms with E-state index in [2.05, 4.69) is 10.4 Å². The number of aromatic nitrogens is 2. The molecule has 1 atom stereocenters. The summed E-state index contributed by atoms with van der Waals surface area (Å²) in [5.41, 5.74) is 6.30. The lowest BCUT2D eigenvalue weighted by atomic mass is 10.2. The Kier molecular flexibility index (Phi) is 2.82. The maximum Gasteiger partial charge on any atom is 0.271 e. The van der Waals surface area contributed by atoms with E-state index in [1.807, 2.05) is 0 Å². The van der Waals surface area contributed by atoms with Gasteiger partial charge in [-0.3, -0.25) is 9.48 Å². The smallest absolute Gasteiger partial charge is 0.271 e. The monoisotopic (exact) mass is 224 g/mol. The molecule has 0 aromatic carbocycles. The number of hydrogen-bond donors (Lipinski definition) is 3. The number of hydrogen-bond acceptors (Lipinski definition) is 4. The number of nitrogen functional groups attached to an aromatic ring is 1. The van der Waals surface area contributed by atoms with Crippen LogP contribution in [0, 0.1) is 5.92 Å². The Hall–Kier alpha value is -1.56. The third-order valence-corrected chi connectivity index (χ3v) is 2.82. The molecule has 1 unspecified atom stereocenters. The quantitative estimate of drug-likeness (QED) is 0.643. The molecule has 1 aromatic heterocycles. The molecule has 88 valence electrons. The highest BCUT2D eigenvalue weighted by atomic mass is 16.3. The highest BCUT2D eigenvalue weighted by molar-refractivity contribution is 5.97. The van der Waals surface area contributed by atoms with E-state index in [9.17, 15) is 9.90 Å². The minimum Gasteiger partial charge on any atom is -0.396 e. The molecule has 1 aromatic rings. The molecule has 2 rings (SSSR count). The average molecular weight is 224 g/mol. The van der Waals surface area contributed by atoms with Crippen molar-refractivity contribution in [1.29, 1.82) is 0 Å². The van der Waals surface area contributed by atoms with Gasteiger partial charge in [-0.2, -0.15) is 5.10 Å². The first-order chi connectivity index (χ1) is 7.59. The third-order valence-electron chi connectivity index (χ3n) is 2.82. The second-order valence-corrected chi connectivity index (χ2v) is 4.19. The lowest BCUT2D eigenvalue weighted by Gasteiger charge is -2.10. The van der Waals surface area contributed by atoms with E-state index in [1.54, 1.807) is 7.05 Å². The number of aliphatic hydroxyl groups excluding tert-OH is 1. The van der Waals surface area contributed by atoms with E-state index in [0.29, 0.717) is 17.3 Å². The Morgan fingerprint density at radius 2 is 2.50 bits per heavy atom. The number of aryl methyl sites for hydroxylation is 1. The molecule has 0 bridgehead atoms. The maximum atomic E-state index is 11.7. The second-order valence-electron chi connectivity index (χ2n) is 4.19. The second kappa shape index (κ2) is 4.13. The van der Waals surface area contributed by atoms with Crippen LogP contribution in [0.3, 0.4) is 0 Å². The van der Waals surface area contributed by atoms with Crippen LogP contribution in [0.4, 0.5) is 5.69 Å². The van der Waals surface area contributed by atoms with E-state index in [1.165, 1.54) is 10.9 Å². The summed E-state index contributed by atoms with van der Waals surface area (Å²) in [6, 6.07) is 0. The van der Waals surface area contributed by atoms with Gasteiger partial charge in [0.25, 0.3) is 5.91 Å². The minimum atomic E-state index is -0.446. The lowest BCUT2D eigenvalue weighted by molar-refractivity contribution is 0.0893. The molecule has 0 saturated heterocycles. The Labute approximate surface area is 93.4 Å². The van der Waals surface area contributed by atoms with Crippen molar-refractivity contribution in [3.63, 3.8) is 0 Å². The predicted octanol–water partition coefficient (Wildman–Crippen LogP) is -0.497. The zero-order valence-corrected chi connectivity index (χ0v) is 9.18. The number of rotatable bonds is 4. The van der Waals surface area contributed by atoms with Crippen molar-refractivity contribution >= 4 is 11.6 Å². The topological polar surface area (TPSA) is 93.2 Å². The van der Waals surface area contributed by atoms with Gasteiger partial charge in [0.2, 0.25) is 0 Å². The third kappa shape index (κ3) is 2.16. The summed E-state index contributed by atoms with van der Waals surface area (Å²) in [4.78, 5) is 11.7. The largest absolute Gasteiger partial charge is 0.396 e. The SMILES string of the molecule is Cn1ncc(N)c1C(=O)NCC(O)C1CC1. The molecule has 4 N–H and O–H groups in total. The van der Waals surface area contributed by atoms with Gasteiger partial charge in [0.05, 0.1) is 18.0 Å². The summed E-state index contributed by atoms with van der Waals surface area (Å²) in [5, 5.41) is 16.1. The lowest BCUT2D eigenvalue weighted by Crippen LogP contribution is -2.34. The number of carbonyl (C=O) groups is 1. The number of amides is 1. The molecule has 1 amide bonds. The van der Waals surface area contributed by atoms with Gasteiger partial charge in [-0.25, -0.2) is 0 Å². The predicted molar refractivity (Wildman–Crippen MR) is 58.7 cm³/mol. The molecule has 6 nitrogen and oxygen atoms in total. The fraction of sp³-hybridized carbons (Fsp3) is 0.600. The summed E-state index contributed by atoms with van der Waals surface area (Å²) in [5.74, 6) is 0.0568. The molecule has 1 saturated carbocycles. The Bertz CT molecular complexity index is 378. The molecule has 0 aliphatic heterocycles. The van der Waals surface area contributed by atoms with Gasteiger partial charge in [0.15, 0.2) is 0 Å². The van der Waals surface area contributed by atoms with Crippen LogP contribution in [0.15, 0.2) is 6.20 Å². The van der Waals surface area contributed by atoms with Gasteiger partial charge in [-0.05, 0) is 18.8 Å². The fourth-order valence-electron chi connectivity index (χ4n) is 1.66. The van der Waals surface area contributed by atoms with Crippen LogP contribution in [-0.2, 0) is 7.05 Å². The summed E-state index contributed by atoms with van der Waals surface area (Å²) in [6.07, 6.45) is 3.08. The molecule has 1 fully saturated rings. The molecule has 0 radical (unpaired) electrons. The summed E-state index contributed by atoms with van der Waals surface area (Å²) in [6.45, 7) is 0.272. The van der Waals surface area contributed by atoms with Crippen molar-refractivity contribution in [3.05, 3.63) is 11.9 Å². The van der Waals surface area contributed by atoms with Crippen LogP contribution in [-0.4, -0.2) is 33.4 Å². The van der Waals surface area contributed by atoms with Gasteiger partial charge in [-0.1, -0.05) is 0 Å². The van der Waals surface area contributed by atoms with Crippen LogP contribution in [0.2, 0.25) is 0 Å². The van der Waals surface area contributed by atoms with Crippen molar-refractivity contribution in [2.24, 2.45) is 13.0 Å². The maximum absolute atomic E-state index is 11.7. The molecule has 16 heavy (non-hydrogen) atoms. The number of aliphatic hydroxyl groups is 1. The Morgan fingerprint density at radius 3 is 3.00 bits per heavy atom. The van der Waals surface area contributed by atoms with Crippen molar-refractivity contribution in [3.8, 4) is 0 Å². The summed E-state index contributed by atoms with van der Waals surface area (Å²) >= 11 is 0. The van der Waals surface area contributed by atoms with E-state index in [4.69, 9.17) is 5.73 Å². The number of carbonyl (C=O) groups excluding carboxylic acids is 1. The molecule has 0 spiro atoms. The van der Waals surface area contributed by atoms with E-state index < -0.39 is 6.10 Å². The zero-order valence-electron chi connectivity index (χ0n) is 9.18. The van der Waals surface area contributed by atoms with Crippen LogP contribution < -0.4 is 11.1 Å². The summed E-state index contributed by atoms with van der Waals surface area (Å²) in [7, 11) is 1.66. The Morgan fingerprint density at radius 1 is 1.81 bits per heavy atom. The van der Waals surface area contributed by atoms with E-state index in [-0.39, 0.29) is 12.5 Å². The van der Waals surface area contributed by atoms with Crippen molar-refractivity contribution in [2.75, 3.05) is 12.3 Å². The molecule has 1 aliphatic rings. The van der Waals surface area contributed by atoms with Gasteiger partial charge in [0.1, 0.15) is 5.69 Å². The van der Waals surface area contributed by atoms with Crippen molar-refractivity contribution in [2.45, 2.75) is 18.9 Å². The summed E-state index contributed by atoms with van der Waals surface area (Å²) < 4.78 is 1.42. The van der Waals surface area contributed by atoms with Crippen molar-refractivity contribution in [1.82, 2.24) is 15.1 Å². The van der Waals surface area contributed by atoms with Crippen LogP contribution in [0.1, 0.15) is 23.3 Å². The molecule has 1 aliphatic carbocycles. The normalized spacial score (nSPS) is 17.1. The first kappa shape index (κ1) is 10.9. The van der Waals surface area contributed by atoms with Gasteiger partial charge in [-0.15, -0.1) is 0 Å². The standard InChI is InChI=1S/C10H16N4O2/c1-14-9(7(11)4-13-14)10(16)12-5-8(15)6-2-3-6/h4,6,8,15H,2-3,5,11H2,1H3,(H,12,16). The molecular weight excluding hydrogens is 208 g/mol. The van der Waals surface area contributed by atoms with E-state index in [0.717, 1.165) is 12.8 Å². The molecule has 6 heteroatoms. The highest BCUT2D eigenvalue weighted by Gasteiger charge is 2.30. The Balaban J connectivity index is 1.92. The first-order valence-corrected chi connectivity index (χ1v) is 5.33. The first-order valence-electron chi connectivity index (χ1n) is 5.33. The van der Waals surface area contributed by atoms with Crippen molar-refractivity contribution < 1.29 is 9.90 Å². The van der Waals surface area contributed by atoms with E-state index >= 15 is 0 Å². The van der Waals surface area contributed by atoms with Gasteiger partial charge < -0.3 is 16.2 Å². The minimum absolute atomic E-state index is 0.272. The van der Waals surface area contributed by atoms with Crippen LogP contribution in [0.25, 0.3) is 0 Å².